The summed E-state index contributed by atoms with van der Waals surface area (Å²) in [4.78, 5) is 107. The Morgan fingerprint density at radius 2 is 1.43 bits per heavy atom. The van der Waals surface area contributed by atoms with Crippen molar-refractivity contribution >= 4 is 53.7 Å². The van der Waals surface area contributed by atoms with Crippen LogP contribution in [0.5, 0.6) is 0 Å². The van der Waals surface area contributed by atoms with Gasteiger partial charge in [0, 0.05) is 54.4 Å². The number of carbonyl (C=O) groups excluding carboxylic acids is 6. The van der Waals surface area contributed by atoms with Gasteiger partial charge in [0.1, 0.15) is 37.1 Å². The van der Waals surface area contributed by atoms with Crippen molar-refractivity contribution in [3.05, 3.63) is 164 Å². The van der Waals surface area contributed by atoms with Gasteiger partial charge in [-0.1, -0.05) is 87.5 Å². The molecule has 21 heteroatoms. The van der Waals surface area contributed by atoms with E-state index in [1.54, 1.807) is 75.4 Å². The molecule has 9 atom stereocenters. The number of hydrogen-bond acceptors (Lipinski definition) is 18. The first-order chi connectivity index (χ1) is 37.5. The summed E-state index contributed by atoms with van der Waals surface area (Å²) in [6.07, 6.45) is -11.1. The molecule has 4 aromatic carbocycles. The Bertz CT molecular complexity index is 2890. The number of ether oxygens (including phenoxy) is 7. The van der Waals surface area contributed by atoms with Crippen molar-refractivity contribution in [1.82, 2.24) is 5.32 Å². The third-order valence-electron chi connectivity index (χ3n) is 14.0. The fraction of sp³-hybridized carbons (Fsp3) is 0.397. The van der Waals surface area contributed by atoms with Crippen LogP contribution in [0.15, 0.2) is 132 Å². The predicted octanol–water partition coefficient (Wildman–Crippen LogP) is 8.07. The van der Waals surface area contributed by atoms with Crippen LogP contribution in [0, 0.1) is 21.4 Å². The Balaban J connectivity index is 1.48. The minimum atomic E-state index is -2.40. The van der Waals surface area contributed by atoms with Gasteiger partial charge in [0.25, 0.3) is 11.6 Å². The van der Waals surface area contributed by atoms with Crippen LogP contribution in [-0.4, -0.2) is 124 Å². The largest absolute Gasteiger partial charge is 0.509 e. The van der Waals surface area contributed by atoms with Crippen molar-refractivity contribution in [1.29, 1.82) is 0 Å². The number of hydrogen-bond donors (Lipinski definition) is 4. The number of nitrogens with one attached hydrogen (secondary N) is 1. The standard InChI is InChI=1S/C58H64N2O19/c1-7-45(63)49(76-36(4)61)47-35(3)46(30-58(70,57(47,5)6)51(42-29-44(62)27-34(2)73-33-42)79-53(65)41-21-15-10-16-22-41)77-54(66)50(48(39-17-11-8-12-18-39)59-52(64)40-19-13-9-14-20-40)78-56(69)75-32-38(31-74-55(67)68)28-37-23-25-43(26-24-37)60(71)72/h8-26,28,34,42,44,46,48-51,62,70H,7,27,29-33H2,1-6H3,(H,59,64)(H,67,68)/b38-28-/t34?,42-,44?,46?,48?,49?,50?,51-,58?/m0/s1. The molecule has 1 aliphatic heterocycles. The molecule has 1 fully saturated rings. The van der Waals surface area contributed by atoms with E-state index in [0.717, 1.165) is 6.92 Å². The summed E-state index contributed by atoms with van der Waals surface area (Å²) in [5, 5.41) is 48.5. The molecule has 21 nitrogen and oxygen atoms in total. The molecular formula is C58H64N2O19. The summed E-state index contributed by atoms with van der Waals surface area (Å²) in [5.74, 6) is -5.41. The maximum atomic E-state index is 15.4. The van der Waals surface area contributed by atoms with E-state index >= 15 is 4.79 Å². The van der Waals surface area contributed by atoms with Gasteiger partial charge in [0.15, 0.2) is 11.9 Å². The second kappa shape index (κ2) is 26.9. The SMILES string of the molecule is CCC(=O)C(OC(C)=O)C1=C(C)C(OC(=O)C(OC(=O)OC/C(=C\c2ccc([N+](=O)[O-])cc2)COC(=O)O)C(NC(=O)c2ccccc2)c2ccccc2)CC(O)([C@@H](OC(=O)c2ccccc2)[C@@H]2COC(C)CC(O)C2)C1(C)C. The number of nitrogens with zero attached hydrogens (tertiary/aromatic N) is 1. The number of amides is 1. The average molecular weight is 1090 g/mol. The third-order valence-corrected chi connectivity index (χ3v) is 14.0. The smallest absolute Gasteiger partial charge is 0.455 e. The van der Waals surface area contributed by atoms with Crippen molar-refractivity contribution in [2.45, 2.75) is 115 Å². The van der Waals surface area contributed by atoms with Crippen molar-refractivity contribution in [3.8, 4) is 0 Å². The van der Waals surface area contributed by atoms with Crippen LogP contribution < -0.4 is 5.32 Å². The number of nitro benzene ring substituents is 1. The van der Waals surface area contributed by atoms with Gasteiger partial charge in [0.05, 0.1) is 29.3 Å². The summed E-state index contributed by atoms with van der Waals surface area (Å²) in [6.45, 7) is 7.46. The summed E-state index contributed by atoms with van der Waals surface area (Å²) in [7, 11) is 0. The second-order valence-corrected chi connectivity index (χ2v) is 19.8. The maximum absolute atomic E-state index is 15.4. The predicted molar refractivity (Wildman–Crippen MR) is 281 cm³/mol. The van der Waals surface area contributed by atoms with Gasteiger partial charge in [-0.25, -0.2) is 19.2 Å². The van der Waals surface area contributed by atoms with Crippen molar-refractivity contribution in [3.63, 3.8) is 0 Å². The van der Waals surface area contributed by atoms with E-state index in [9.17, 15) is 54.2 Å². The Labute approximate surface area is 455 Å². The van der Waals surface area contributed by atoms with Crippen LogP contribution in [-0.2, 0) is 47.5 Å². The molecule has 0 spiro atoms. The van der Waals surface area contributed by atoms with Gasteiger partial charge in [0.2, 0.25) is 6.10 Å². The Morgan fingerprint density at radius 3 is 2.01 bits per heavy atom. The Hall–Kier alpha value is -8.27. The average Bonchev–Trinajstić information content (AvgIpc) is 3.65. The third kappa shape index (κ3) is 15.3. The van der Waals surface area contributed by atoms with Crippen LogP contribution in [0.2, 0.25) is 0 Å². The first kappa shape index (κ1) is 60.0. The zero-order chi connectivity index (χ0) is 57.6. The lowest BCUT2D eigenvalue weighted by atomic mass is 9.56. The molecule has 0 radical (unpaired) electrons. The Kier molecular flexibility index (Phi) is 20.4. The number of nitro groups is 1. The highest BCUT2D eigenvalue weighted by molar-refractivity contribution is 5.95. The van der Waals surface area contributed by atoms with E-state index in [1.165, 1.54) is 80.6 Å². The van der Waals surface area contributed by atoms with Crippen LogP contribution in [0.3, 0.4) is 0 Å². The van der Waals surface area contributed by atoms with Crippen LogP contribution in [0.1, 0.15) is 105 Å². The van der Waals surface area contributed by atoms with Gasteiger partial charge in [-0.2, -0.15) is 0 Å². The number of Topliss-reactive ketones (excluding diaryl/α,β-unsaturated/α-hetero) is 1. The normalized spacial score (nSPS) is 21.5. The van der Waals surface area contributed by atoms with Crippen molar-refractivity contribution < 1.29 is 87.0 Å². The number of carbonyl (C=O) groups is 7. The monoisotopic (exact) mass is 1090 g/mol. The molecule has 0 bridgehead atoms. The molecule has 2 aliphatic rings. The maximum Gasteiger partial charge on any atom is 0.509 e. The molecule has 0 aromatic heterocycles. The van der Waals surface area contributed by atoms with Gasteiger partial charge in [-0.05, 0) is 91.4 Å². The van der Waals surface area contributed by atoms with E-state index in [4.69, 9.17) is 33.2 Å². The van der Waals surface area contributed by atoms with E-state index < -0.39 is 126 Å². The van der Waals surface area contributed by atoms with Crippen LogP contribution >= 0.6 is 0 Å². The zero-order valence-electron chi connectivity index (χ0n) is 44.4. The zero-order valence-corrected chi connectivity index (χ0v) is 44.4. The number of aliphatic hydroxyl groups excluding tert-OH is 1. The molecule has 4 N–H and O–H groups in total. The summed E-state index contributed by atoms with van der Waals surface area (Å²) < 4.78 is 40.7. The molecular weight excluding hydrogens is 1030 g/mol. The highest BCUT2D eigenvalue weighted by Crippen LogP contribution is 2.54. The molecule has 6 rings (SSSR count). The van der Waals surface area contributed by atoms with E-state index in [2.05, 4.69) is 5.32 Å². The number of non-ortho nitro benzene ring substituents is 1. The van der Waals surface area contributed by atoms with Crippen molar-refractivity contribution in [2.24, 2.45) is 11.3 Å². The lowest BCUT2D eigenvalue weighted by Gasteiger charge is -2.55. The number of rotatable bonds is 21. The molecule has 1 aliphatic carbocycles. The number of ketones is 1. The number of esters is 3. The molecule has 420 valence electrons. The quantitative estimate of drug-likeness (QED) is 0.0201. The minimum Gasteiger partial charge on any atom is -0.455 e. The fourth-order valence-corrected chi connectivity index (χ4v) is 9.93. The first-order valence-electron chi connectivity index (χ1n) is 25.5. The van der Waals surface area contributed by atoms with Crippen LogP contribution in [0.4, 0.5) is 15.3 Å². The summed E-state index contributed by atoms with van der Waals surface area (Å²) >= 11 is 0. The van der Waals surface area contributed by atoms with E-state index in [0.29, 0.717) is 5.56 Å². The van der Waals surface area contributed by atoms with Crippen LogP contribution in [0.25, 0.3) is 6.08 Å². The van der Waals surface area contributed by atoms with Gasteiger partial charge < -0.3 is 53.8 Å². The molecule has 1 amide bonds. The topological polar surface area (TPSA) is 300 Å². The number of benzene rings is 4. The number of carboxylic acid groups (broad SMARTS) is 1. The van der Waals surface area contributed by atoms with Gasteiger partial charge in [-0.3, -0.25) is 24.5 Å². The molecule has 79 heavy (non-hydrogen) atoms. The lowest BCUT2D eigenvalue weighted by Crippen LogP contribution is -2.65. The van der Waals surface area contributed by atoms with Gasteiger partial charge >= 0.3 is 30.2 Å². The molecule has 1 saturated heterocycles. The first-order valence-corrected chi connectivity index (χ1v) is 25.5. The molecule has 4 aromatic rings. The number of aliphatic hydroxyl groups is 2. The minimum absolute atomic E-state index is 0.00856. The highest BCUT2D eigenvalue weighted by atomic mass is 16.7. The second-order valence-electron chi connectivity index (χ2n) is 19.8. The molecule has 0 saturated carbocycles. The van der Waals surface area contributed by atoms with E-state index in [1.807, 2.05) is 0 Å². The summed E-state index contributed by atoms with van der Waals surface area (Å²) in [5.41, 5.74) is -3.47. The highest BCUT2D eigenvalue weighted by Gasteiger charge is 2.62. The Morgan fingerprint density at radius 1 is 0.835 bits per heavy atom. The molecule has 7 unspecified atom stereocenters. The van der Waals surface area contributed by atoms with Crippen molar-refractivity contribution in [2.75, 3.05) is 19.8 Å². The molecule has 1 heterocycles. The van der Waals surface area contributed by atoms with Gasteiger partial charge in [-0.15, -0.1) is 0 Å². The lowest BCUT2D eigenvalue weighted by molar-refractivity contribution is -0.384. The van der Waals surface area contributed by atoms with E-state index in [-0.39, 0.29) is 65.0 Å². The summed E-state index contributed by atoms with van der Waals surface area (Å²) in [6, 6.07) is 27.2. The fourth-order valence-electron chi connectivity index (χ4n) is 9.93.